The molecule has 0 bridgehead atoms. The van der Waals surface area contributed by atoms with Crippen LogP contribution in [0, 0.1) is 13.8 Å². The molecule has 2 rings (SSSR count). The van der Waals surface area contributed by atoms with E-state index in [4.69, 9.17) is 0 Å². The highest BCUT2D eigenvalue weighted by Crippen LogP contribution is 2.24. The summed E-state index contributed by atoms with van der Waals surface area (Å²) in [6.07, 6.45) is 0.795. The Morgan fingerprint density at radius 2 is 1.81 bits per heavy atom. The second kappa shape index (κ2) is 4.00. The van der Waals surface area contributed by atoms with E-state index in [1.54, 1.807) is 4.68 Å². The van der Waals surface area contributed by atoms with Crippen molar-refractivity contribution in [2.45, 2.75) is 27.2 Å². The first kappa shape index (κ1) is 10.7. The molecule has 0 aliphatic rings. The molecule has 0 amide bonds. The van der Waals surface area contributed by atoms with E-state index in [-0.39, 0.29) is 5.88 Å². The lowest BCUT2D eigenvalue weighted by atomic mass is 10.2. The van der Waals surface area contributed by atoms with Crippen LogP contribution in [-0.4, -0.2) is 14.9 Å². The zero-order valence-electron chi connectivity index (χ0n) is 9.86. The molecule has 0 fully saturated rings. The zero-order valence-corrected chi connectivity index (χ0v) is 9.86. The summed E-state index contributed by atoms with van der Waals surface area (Å²) in [7, 11) is 0. The summed E-state index contributed by atoms with van der Waals surface area (Å²) < 4.78 is 1.59. The van der Waals surface area contributed by atoms with Gasteiger partial charge in [-0.15, -0.1) is 0 Å². The van der Waals surface area contributed by atoms with Crippen LogP contribution in [0.5, 0.6) is 5.88 Å². The van der Waals surface area contributed by atoms with Gasteiger partial charge in [0.1, 0.15) is 0 Å². The molecular formula is C13H16N2O. The van der Waals surface area contributed by atoms with Crippen LogP contribution in [0.4, 0.5) is 0 Å². The Kier molecular flexibility index (Phi) is 2.69. The Morgan fingerprint density at radius 1 is 1.19 bits per heavy atom. The highest BCUT2D eigenvalue weighted by Gasteiger charge is 2.13. The van der Waals surface area contributed by atoms with Gasteiger partial charge in [0.15, 0.2) is 0 Å². The van der Waals surface area contributed by atoms with E-state index in [2.05, 4.69) is 5.10 Å². The monoisotopic (exact) mass is 216 g/mol. The Bertz CT molecular complexity index is 497. The molecule has 16 heavy (non-hydrogen) atoms. The molecule has 3 heteroatoms. The number of benzene rings is 1. The van der Waals surface area contributed by atoms with Crippen molar-refractivity contribution in [2.75, 3.05) is 0 Å². The predicted octanol–water partition coefficient (Wildman–Crippen LogP) is 2.76. The van der Waals surface area contributed by atoms with Crippen LogP contribution in [-0.2, 0) is 6.42 Å². The van der Waals surface area contributed by atoms with Crippen molar-refractivity contribution in [2.24, 2.45) is 0 Å². The molecule has 84 valence electrons. The van der Waals surface area contributed by atoms with Crippen molar-refractivity contribution in [1.29, 1.82) is 0 Å². The van der Waals surface area contributed by atoms with Crippen molar-refractivity contribution < 1.29 is 5.11 Å². The maximum absolute atomic E-state index is 10.0. The minimum atomic E-state index is 0.254. The summed E-state index contributed by atoms with van der Waals surface area (Å²) in [5, 5.41) is 14.4. The molecule has 1 heterocycles. The van der Waals surface area contributed by atoms with Crippen LogP contribution in [0.1, 0.15) is 23.7 Å². The van der Waals surface area contributed by atoms with Crippen LogP contribution in [0.2, 0.25) is 0 Å². The number of hydrogen-bond acceptors (Lipinski definition) is 2. The van der Waals surface area contributed by atoms with Crippen LogP contribution in [0.3, 0.4) is 0 Å². The minimum absolute atomic E-state index is 0.254. The Labute approximate surface area is 95.3 Å². The van der Waals surface area contributed by atoms with Gasteiger partial charge in [-0.1, -0.05) is 24.6 Å². The molecule has 1 N–H and O–H groups in total. The Morgan fingerprint density at radius 3 is 2.31 bits per heavy atom. The molecule has 0 saturated carbocycles. The van der Waals surface area contributed by atoms with Crippen LogP contribution in [0.25, 0.3) is 5.69 Å². The van der Waals surface area contributed by atoms with E-state index in [0.29, 0.717) is 0 Å². The standard InChI is InChI=1S/C13H16N2O/c1-4-12-10(3)14-15(13(12)16)11-7-5-9(2)6-8-11/h5-8,16H,4H2,1-3H3. The van der Waals surface area contributed by atoms with Crippen molar-refractivity contribution >= 4 is 0 Å². The first-order valence-electron chi connectivity index (χ1n) is 5.48. The largest absolute Gasteiger partial charge is 0.493 e. The number of rotatable bonds is 2. The summed E-state index contributed by atoms with van der Waals surface area (Å²) in [6, 6.07) is 7.94. The lowest BCUT2D eigenvalue weighted by molar-refractivity contribution is 0.428. The van der Waals surface area contributed by atoms with Gasteiger partial charge in [-0.3, -0.25) is 0 Å². The first-order valence-corrected chi connectivity index (χ1v) is 5.48. The summed E-state index contributed by atoms with van der Waals surface area (Å²) in [5.41, 5.74) is 3.90. The first-order chi connectivity index (χ1) is 7.63. The molecule has 0 aliphatic heterocycles. The van der Waals surface area contributed by atoms with E-state index in [9.17, 15) is 5.11 Å². The number of aryl methyl sites for hydroxylation is 2. The number of aromatic hydroxyl groups is 1. The average molecular weight is 216 g/mol. The number of nitrogens with zero attached hydrogens (tertiary/aromatic N) is 2. The van der Waals surface area contributed by atoms with Crippen LogP contribution < -0.4 is 0 Å². The third kappa shape index (κ3) is 1.69. The van der Waals surface area contributed by atoms with Gasteiger partial charge in [-0.2, -0.15) is 5.10 Å². The van der Waals surface area contributed by atoms with E-state index in [1.165, 1.54) is 5.56 Å². The minimum Gasteiger partial charge on any atom is -0.493 e. The lowest BCUT2D eigenvalue weighted by Crippen LogP contribution is -1.95. The molecule has 0 radical (unpaired) electrons. The van der Waals surface area contributed by atoms with E-state index in [0.717, 1.165) is 23.4 Å². The molecule has 0 unspecified atom stereocenters. The fraction of sp³-hybridized carbons (Fsp3) is 0.308. The van der Waals surface area contributed by atoms with Gasteiger partial charge in [-0.25, -0.2) is 4.68 Å². The maximum Gasteiger partial charge on any atom is 0.217 e. The highest BCUT2D eigenvalue weighted by atomic mass is 16.3. The summed E-state index contributed by atoms with van der Waals surface area (Å²) in [5.74, 6) is 0.254. The fourth-order valence-electron chi connectivity index (χ4n) is 1.83. The van der Waals surface area contributed by atoms with Gasteiger partial charge in [0, 0.05) is 5.56 Å². The molecule has 1 aromatic heterocycles. The smallest absolute Gasteiger partial charge is 0.217 e. The zero-order chi connectivity index (χ0) is 11.7. The molecule has 0 spiro atoms. The third-order valence-corrected chi connectivity index (χ3v) is 2.79. The number of hydrogen-bond donors (Lipinski definition) is 1. The molecule has 3 nitrogen and oxygen atoms in total. The average Bonchev–Trinajstić information content (AvgIpc) is 2.55. The quantitative estimate of drug-likeness (QED) is 0.838. The van der Waals surface area contributed by atoms with Crippen molar-refractivity contribution in [3.8, 4) is 11.6 Å². The van der Waals surface area contributed by atoms with E-state index < -0.39 is 0 Å². The number of aromatic nitrogens is 2. The van der Waals surface area contributed by atoms with Crippen molar-refractivity contribution in [1.82, 2.24) is 9.78 Å². The third-order valence-electron chi connectivity index (χ3n) is 2.79. The van der Waals surface area contributed by atoms with Gasteiger partial charge in [0.2, 0.25) is 5.88 Å². The van der Waals surface area contributed by atoms with Gasteiger partial charge in [-0.05, 0) is 32.4 Å². The van der Waals surface area contributed by atoms with Crippen LogP contribution in [0.15, 0.2) is 24.3 Å². The summed E-state index contributed by atoms with van der Waals surface area (Å²) >= 11 is 0. The fourth-order valence-corrected chi connectivity index (χ4v) is 1.83. The van der Waals surface area contributed by atoms with E-state index in [1.807, 2.05) is 45.0 Å². The molecule has 0 atom stereocenters. The Hall–Kier alpha value is -1.77. The predicted molar refractivity (Wildman–Crippen MR) is 64.1 cm³/mol. The van der Waals surface area contributed by atoms with Crippen molar-refractivity contribution in [3.63, 3.8) is 0 Å². The van der Waals surface area contributed by atoms with Crippen LogP contribution >= 0.6 is 0 Å². The molecule has 0 saturated heterocycles. The highest BCUT2D eigenvalue weighted by molar-refractivity contribution is 5.41. The normalized spacial score (nSPS) is 10.7. The SMILES string of the molecule is CCc1c(C)nn(-c2ccc(C)cc2)c1O. The molecule has 2 aromatic rings. The van der Waals surface area contributed by atoms with Crippen molar-refractivity contribution in [3.05, 3.63) is 41.1 Å². The lowest BCUT2D eigenvalue weighted by Gasteiger charge is -2.03. The van der Waals surface area contributed by atoms with Gasteiger partial charge in [0.25, 0.3) is 0 Å². The molecule has 1 aromatic carbocycles. The summed E-state index contributed by atoms with van der Waals surface area (Å²) in [4.78, 5) is 0. The molecule has 0 aliphatic carbocycles. The van der Waals surface area contributed by atoms with Gasteiger partial charge < -0.3 is 5.11 Å². The van der Waals surface area contributed by atoms with Gasteiger partial charge in [0.05, 0.1) is 11.4 Å². The maximum atomic E-state index is 10.0. The molecular weight excluding hydrogens is 200 g/mol. The second-order valence-electron chi connectivity index (χ2n) is 3.99. The van der Waals surface area contributed by atoms with Gasteiger partial charge >= 0.3 is 0 Å². The van der Waals surface area contributed by atoms with E-state index >= 15 is 0 Å². The Balaban J connectivity index is 2.52. The summed E-state index contributed by atoms with van der Waals surface area (Å²) in [6.45, 7) is 5.97. The topological polar surface area (TPSA) is 38.0 Å². The second-order valence-corrected chi connectivity index (χ2v) is 3.99.